The van der Waals surface area contributed by atoms with E-state index in [9.17, 15) is 14.4 Å². The SMILES string of the molecule is Cn1[nH]cc(CC(NC(=O)CN2CCCCCC2)C(=O)NCc2ccccc2)c1=O. The monoisotopic (exact) mass is 413 g/mol. The van der Waals surface area contributed by atoms with E-state index in [1.165, 1.54) is 17.5 Å². The van der Waals surface area contributed by atoms with E-state index in [1.807, 2.05) is 30.3 Å². The van der Waals surface area contributed by atoms with Crippen molar-refractivity contribution in [2.24, 2.45) is 7.05 Å². The predicted molar refractivity (Wildman–Crippen MR) is 115 cm³/mol. The van der Waals surface area contributed by atoms with Crippen molar-refractivity contribution in [3.05, 3.63) is 58.0 Å². The topological polar surface area (TPSA) is 99.2 Å². The van der Waals surface area contributed by atoms with Gasteiger partial charge in [0.1, 0.15) is 6.04 Å². The first-order chi connectivity index (χ1) is 14.5. The van der Waals surface area contributed by atoms with Gasteiger partial charge in [-0.15, -0.1) is 0 Å². The number of hydrogen-bond donors (Lipinski definition) is 3. The van der Waals surface area contributed by atoms with Crippen LogP contribution in [0.15, 0.2) is 41.3 Å². The molecule has 8 nitrogen and oxygen atoms in total. The molecule has 30 heavy (non-hydrogen) atoms. The van der Waals surface area contributed by atoms with Crippen LogP contribution in [0.5, 0.6) is 0 Å². The Morgan fingerprint density at radius 1 is 1.10 bits per heavy atom. The molecule has 1 atom stereocenters. The number of nitrogens with zero attached hydrogens (tertiary/aromatic N) is 2. The maximum atomic E-state index is 12.9. The summed E-state index contributed by atoms with van der Waals surface area (Å²) in [6, 6.07) is 8.77. The van der Waals surface area contributed by atoms with Gasteiger partial charge >= 0.3 is 0 Å². The number of aromatic amines is 1. The molecule has 1 aromatic carbocycles. The first kappa shape index (κ1) is 21.8. The third-order valence-corrected chi connectivity index (χ3v) is 5.46. The van der Waals surface area contributed by atoms with Crippen LogP contribution in [-0.2, 0) is 29.6 Å². The first-order valence-corrected chi connectivity index (χ1v) is 10.6. The van der Waals surface area contributed by atoms with Crippen molar-refractivity contribution in [2.45, 2.75) is 44.7 Å². The molecule has 3 N–H and O–H groups in total. The lowest BCUT2D eigenvalue weighted by molar-refractivity contribution is -0.129. The minimum Gasteiger partial charge on any atom is -0.350 e. The van der Waals surface area contributed by atoms with Gasteiger partial charge in [-0.1, -0.05) is 43.2 Å². The number of carbonyl (C=O) groups excluding carboxylic acids is 2. The number of H-pyrrole nitrogens is 1. The van der Waals surface area contributed by atoms with Crippen molar-refractivity contribution >= 4 is 11.8 Å². The predicted octanol–water partition coefficient (Wildman–Crippen LogP) is 0.933. The van der Waals surface area contributed by atoms with Gasteiger partial charge in [0.15, 0.2) is 0 Å². The molecule has 0 bridgehead atoms. The second kappa shape index (κ2) is 10.8. The zero-order valence-electron chi connectivity index (χ0n) is 17.5. The average molecular weight is 414 g/mol. The Balaban J connectivity index is 1.64. The highest BCUT2D eigenvalue weighted by Gasteiger charge is 2.24. The van der Waals surface area contributed by atoms with Crippen LogP contribution < -0.4 is 16.2 Å². The summed E-state index contributed by atoms with van der Waals surface area (Å²) in [5.41, 5.74) is 1.24. The van der Waals surface area contributed by atoms with Crippen LogP contribution in [0.25, 0.3) is 0 Å². The fourth-order valence-corrected chi connectivity index (χ4v) is 3.73. The van der Waals surface area contributed by atoms with E-state index in [-0.39, 0.29) is 30.3 Å². The fourth-order valence-electron chi connectivity index (χ4n) is 3.73. The Hall–Kier alpha value is -2.87. The minimum absolute atomic E-state index is 0.141. The lowest BCUT2D eigenvalue weighted by Crippen LogP contribution is -2.51. The third-order valence-electron chi connectivity index (χ3n) is 5.46. The van der Waals surface area contributed by atoms with Gasteiger partial charge in [0.2, 0.25) is 11.8 Å². The summed E-state index contributed by atoms with van der Waals surface area (Å²) in [5.74, 6) is -0.490. The van der Waals surface area contributed by atoms with Crippen molar-refractivity contribution in [1.29, 1.82) is 0 Å². The average Bonchev–Trinajstić information content (AvgIpc) is 2.93. The molecule has 1 aliphatic rings. The Kier molecular flexibility index (Phi) is 7.84. The van der Waals surface area contributed by atoms with Crippen LogP contribution >= 0.6 is 0 Å². The van der Waals surface area contributed by atoms with E-state index in [2.05, 4.69) is 20.6 Å². The first-order valence-electron chi connectivity index (χ1n) is 10.6. The van der Waals surface area contributed by atoms with Crippen LogP contribution in [0, 0.1) is 0 Å². The summed E-state index contributed by atoms with van der Waals surface area (Å²) in [5, 5.41) is 8.55. The Labute approximate surface area is 176 Å². The van der Waals surface area contributed by atoms with Gasteiger partial charge in [0.25, 0.3) is 5.56 Å². The minimum atomic E-state index is -0.809. The summed E-state index contributed by atoms with van der Waals surface area (Å²) >= 11 is 0. The highest BCUT2D eigenvalue weighted by atomic mass is 16.2. The summed E-state index contributed by atoms with van der Waals surface area (Å²) in [6.45, 7) is 2.43. The molecule has 2 aromatic rings. The molecular formula is C22H31N5O3. The number of hydrogen-bond acceptors (Lipinski definition) is 4. The zero-order chi connectivity index (χ0) is 21.3. The number of benzene rings is 1. The van der Waals surface area contributed by atoms with Crippen molar-refractivity contribution < 1.29 is 9.59 Å². The van der Waals surface area contributed by atoms with Gasteiger partial charge in [-0.3, -0.25) is 24.0 Å². The van der Waals surface area contributed by atoms with Crippen LogP contribution in [0.1, 0.15) is 36.8 Å². The molecular weight excluding hydrogens is 382 g/mol. The van der Waals surface area contributed by atoms with Crippen molar-refractivity contribution in [1.82, 2.24) is 25.3 Å². The van der Waals surface area contributed by atoms with Crippen molar-refractivity contribution in [3.8, 4) is 0 Å². The number of nitrogens with one attached hydrogen (secondary N) is 3. The third kappa shape index (κ3) is 6.32. The second-order valence-electron chi connectivity index (χ2n) is 7.88. The molecule has 0 spiro atoms. The van der Waals surface area contributed by atoms with Gasteiger partial charge in [0.05, 0.1) is 6.54 Å². The molecule has 2 amide bonds. The van der Waals surface area contributed by atoms with E-state index in [1.54, 1.807) is 13.2 Å². The lowest BCUT2D eigenvalue weighted by Gasteiger charge is -2.22. The number of rotatable bonds is 8. The Bertz CT molecular complexity index is 882. The van der Waals surface area contributed by atoms with Crippen LogP contribution in [0.3, 0.4) is 0 Å². The smallest absolute Gasteiger partial charge is 0.269 e. The van der Waals surface area contributed by atoms with Gasteiger partial charge in [-0.05, 0) is 31.5 Å². The molecule has 2 heterocycles. The molecule has 1 aromatic heterocycles. The van der Waals surface area contributed by atoms with Crippen molar-refractivity contribution in [3.63, 3.8) is 0 Å². The Morgan fingerprint density at radius 2 is 1.80 bits per heavy atom. The molecule has 162 valence electrons. The standard InChI is InChI=1S/C22H31N5O3/c1-26-22(30)18(15-24-26)13-19(21(29)23-14-17-9-5-4-6-10-17)25-20(28)16-27-11-7-2-3-8-12-27/h4-6,9-10,15,19,24H,2-3,7-8,11-14,16H2,1H3,(H,23,29)(H,25,28). The highest BCUT2D eigenvalue weighted by Crippen LogP contribution is 2.09. The van der Waals surface area contributed by atoms with Gasteiger partial charge in [-0.25, -0.2) is 0 Å². The summed E-state index contributed by atoms with van der Waals surface area (Å²) in [6.07, 6.45) is 6.30. The van der Waals surface area contributed by atoms with Gasteiger partial charge in [-0.2, -0.15) is 0 Å². The molecule has 1 aliphatic heterocycles. The largest absolute Gasteiger partial charge is 0.350 e. The van der Waals surface area contributed by atoms with E-state index < -0.39 is 6.04 Å². The van der Waals surface area contributed by atoms with E-state index in [0.717, 1.165) is 31.5 Å². The van der Waals surface area contributed by atoms with Crippen molar-refractivity contribution in [2.75, 3.05) is 19.6 Å². The second-order valence-corrected chi connectivity index (χ2v) is 7.88. The van der Waals surface area contributed by atoms with Gasteiger partial charge in [0, 0.05) is 31.8 Å². The zero-order valence-corrected chi connectivity index (χ0v) is 17.5. The van der Waals surface area contributed by atoms with E-state index in [0.29, 0.717) is 12.1 Å². The molecule has 0 saturated carbocycles. The summed E-state index contributed by atoms with van der Waals surface area (Å²) in [4.78, 5) is 39.9. The molecule has 0 aliphatic carbocycles. The lowest BCUT2D eigenvalue weighted by atomic mass is 10.1. The maximum Gasteiger partial charge on any atom is 0.269 e. The molecule has 1 fully saturated rings. The Morgan fingerprint density at radius 3 is 2.43 bits per heavy atom. The number of amides is 2. The maximum absolute atomic E-state index is 12.9. The normalized spacial score (nSPS) is 15.9. The molecule has 8 heteroatoms. The van der Waals surface area contributed by atoms with Crippen LogP contribution in [-0.4, -0.2) is 52.2 Å². The van der Waals surface area contributed by atoms with Gasteiger partial charge < -0.3 is 15.7 Å². The number of aryl methyl sites for hydroxylation is 1. The van der Waals surface area contributed by atoms with Crippen LogP contribution in [0.4, 0.5) is 0 Å². The van der Waals surface area contributed by atoms with E-state index in [4.69, 9.17) is 0 Å². The quantitative estimate of drug-likeness (QED) is 0.600. The highest BCUT2D eigenvalue weighted by molar-refractivity contribution is 5.88. The number of likely N-dealkylation sites (tertiary alicyclic amines) is 1. The summed E-state index contributed by atoms with van der Waals surface area (Å²) < 4.78 is 1.35. The van der Waals surface area contributed by atoms with E-state index >= 15 is 0 Å². The molecule has 1 unspecified atom stereocenters. The molecule has 1 saturated heterocycles. The number of carbonyl (C=O) groups is 2. The molecule has 3 rings (SSSR count). The molecule has 0 radical (unpaired) electrons. The number of aromatic nitrogens is 2. The van der Waals surface area contributed by atoms with Crippen LogP contribution in [0.2, 0.25) is 0 Å². The fraction of sp³-hybridized carbons (Fsp3) is 0.500. The summed E-state index contributed by atoms with van der Waals surface area (Å²) in [7, 11) is 1.62.